The number of nitrogens with one attached hydrogen (secondary N) is 4. The van der Waals surface area contributed by atoms with Gasteiger partial charge in [-0.2, -0.15) is 12.7 Å². The molecule has 0 radical (unpaired) electrons. The lowest BCUT2D eigenvalue weighted by atomic mass is 9.85. The van der Waals surface area contributed by atoms with Crippen molar-refractivity contribution in [3.8, 4) is 27.3 Å². The summed E-state index contributed by atoms with van der Waals surface area (Å²) < 4.78 is 107. The summed E-state index contributed by atoms with van der Waals surface area (Å²) in [6, 6.07) is 17.2. The van der Waals surface area contributed by atoms with Crippen molar-refractivity contribution >= 4 is 55.9 Å². The van der Waals surface area contributed by atoms with Crippen molar-refractivity contribution in [2.75, 3.05) is 97.0 Å². The third-order valence-electron chi connectivity index (χ3n) is 14.0. The second kappa shape index (κ2) is 29.3. The van der Waals surface area contributed by atoms with Crippen LogP contribution in [0.1, 0.15) is 60.8 Å². The Bertz CT molecular complexity index is 3330. The zero-order valence-corrected chi connectivity index (χ0v) is 48.9. The van der Waals surface area contributed by atoms with E-state index < -0.39 is 81.1 Å². The molecule has 2 aliphatic heterocycles. The molecule has 5 N–H and O–H groups in total. The minimum atomic E-state index is -4.37. The number of aromatic amines is 1. The third-order valence-corrected chi connectivity index (χ3v) is 16.5. The highest BCUT2D eigenvalue weighted by molar-refractivity contribution is 7.90. The fourth-order valence-electron chi connectivity index (χ4n) is 9.53. The summed E-state index contributed by atoms with van der Waals surface area (Å²) in [7, 11) is -4.37. The second-order valence-electron chi connectivity index (χ2n) is 21.3. The molecule has 2 saturated heterocycles. The third kappa shape index (κ3) is 16.7. The number of benzene rings is 3. The topological polar surface area (TPSA) is 245 Å². The number of rotatable bonds is 31. The molecule has 3 aromatic carbocycles. The van der Waals surface area contributed by atoms with Gasteiger partial charge in [-0.3, -0.25) is 19.1 Å². The lowest BCUT2D eigenvalue weighted by molar-refractivity contribution is -0.141. The maximum Gasteiger partial charge on any atom is 0.301 e. The molecule has 8 rings (SSSR count). The molecule has 84 heavy (non-hydrogen) atoms. The molecule has 0 bridgehead atoms. The van der Waals surface area contributed by atoms with Crippen LogP contribution < -0.4 is 20.1 Å². The highest BCUT2D eigenvalue weighted by atomic mass is 32.2. The molecule has 20 nitrogen and oxygen atoms in total. The number of amides is 2. The number of nitrogens with zero attached hydrogens (tertiary/aromatic N) is 4. The Morgan fingerprint density at radius 1 is 0.857 bits per heavy atom. The quantitative estimate of drug-likeness (QED) is 0.0215. The molecule has 2 aliphatic rings. The highest BCUT2D eigenvalue weighted by Crippen LogP contribution is 2.33. The van der Waals surface area contributed by atoms with Gasteiger partial charge in [-0.25, -0.2) is 23.1 Å². The lowest BCUT2D eigenvalue weighted by Gasteiger charge is -2.36. The molecule has 0 saturated carbocycles. The molecule has 2 fully saturated rings. The predicted molar refractivity (Wildman–Crippen MR) is 310 cm³/mol. The number of carbonyl (C=O) groups excluding carboxylic acids is 3. The number of thiazole rings is 1. The van der Waals surface area contributed by atoms with Gasteiger partial charge in [0.15, 0.2) is 5.82 Å². The van der Waals surface area contributed by atoms with E-state index in [4.69, 9.17) is 28.4 Å². The van der Waals surface area contributed by atoms with E-state index >= 15 is 8.78 Å². The molecule has 4 atom stereocenters. The minimum Gasteiger partial charge on any atom is -0.491 e. The van der Waals surface area contributed by atoms with Gasteiger partial charge in [-0.05, 0) is 65.8 Å². The van der Waals surface area contributed by atoms with Crippen LogP contribution in [0.4, 0.5) is 18.9 Å². The van der Waals surface area contributed by atoms with Crippen LogP contribution in [0.25, 0.3) is 32.6 Å². The van der Waals surface area contributed by atoms with Crippen LogP contribution in [0.3, 0.4) is 0 Å². The summed E-state index contributed by atoms with van der Waals surface area (Å²) in [5, 5.41) is 17.1. The summed E-state index contributed by atoms with van der Waals surface area (Å²) in [6.07, 6.45) is 1.06. The van der Waals surface area contributed by atoms with Crippen LogP contribution in [0.5, 0.6) is 5.75 Å². The summed E-state index contributed by atoms with van der Waals surface area (Å²) in [4.78, 5) is 55.0. The zero-order valence-electron chi connectivity index (χ0n) is 47.3. The first-order valence-electron chi connectivity index (χ1n) is 27.5. The van der Waals surface area contributed by atoms with Gasteiger partial charge < -0.3 is 54.0 Å². The largest absolute Gasteiger partial charge is 0.491 e. The van der Waals surface area contributed by atoms with E-state index in [2.05, 4.69) is 44.3 Å². The smallest absolute Gasteiger partial charge is 0.301 e. The van der Waals surface area contributed by atoms with Crippen molar-refractivity contribution in [3.05, 3.63) is 131 Å². The van der Waals surface area contributed by atoms with Crippen LogP contribution in [-0.4, -0.2) is 172 Å². The summed E-state index contributed by atoms with van der Waals surface area (Å²) in [5.74, 6) is -3.84. The van der Waals surface area contributed by atoms with Crippen LogP contribution in [0.15, 0.2) is 96.9 Å². The maximum absolute atomic E-state index is 15.7. The van der Waals surface area contributed by atoms with E-state index in [1.54, 1.807) is 52.8 Å². The number of β-amino-alcohol motifs (C(OH)–C–C–N with tert-alkyl or cyclic N) is 1. The zero-order chi connectivity index (χ0) is 60.0. The highest BCUT2D eigenvalue weighted by Gasteiger charge is 2.43. The Morgan fingerprint density at radius 3 is 2.12 bits per heavy atom. The first-order chi connectivity index (χ1) is 40.3. The number of anilines is 1. The summed E-state index contributed by atoms with van der Waals surface area (Å²) in [5.41, 5.74) is 4.79. The van der Waals surface area contributed by atoms with Gasteiger partial charge in [0.05, 0.1) is 98.9 Å². The molecule has 5 heterocycles. The number of fused-ring (bicyclic) bond motifs is 1. The molecule has 0 unspecified atom stereocenters. The van der Waals surface area contributed by atoms with Crippen molar-refractivity contribution < 1.29 is 69.5 Å². The molecule has 3 aromatic heterocycles. The van der Waals surface area contributed by atoms with E-state index in [-0.39, 0.29) is 68.4 Å². The van der Waals surface area contributed by atoms with Crippen molar-refractivity contribution in [1.29, 1.82) is 0 Å². The van der Waals surface area contributed by atoms with E-state index in [9.17, 15) is 32.3 Å². The predicted octanol–water partition coefficient (Wildman–Crippen LogP) is 7.13. The fraction of sp³-hybridized carbons (Fsp3) is 0.441. The number of alkyl halides is 1. The Labute approximate surface area is 490 Å². The first-order valence-corrected chi connectivity index (χ1v) is 29.8. The van der Waals surface area contributed by atoms with Crippen molar-refractivity contribution in [2.24, 2.45) is 5.41 Å². The maximum atomic E-state index is 15.7. The van der Waals surface area contributed by atoms with Gasteiger partial charge in [0.2, 0.25) is 17.6 Å². The SMILES string of the molecule is C=C(NCc1ccc(-c2scnc2C)cc1)[C@@H]1C[C@@H](O)CN1C(=O)[C@@H](NC(=O)COCCOCCOCCOCCOCCOc1ccc(-c2cnc3[nH]cc(C(=O)c4c(F)ccc(NS(=O)(=O)N5CC[C@@H](F)C5)c4F)c3c2)cc1)C(C)(C)C. The number of hydrogen-bond acceptors (Lipinski definition) is 16. The van der Waals surface area contributed by atoms with Gasteiger partial charge in [0.25, 0.3) is 0 Å². The number of H-pyrrole nitrogens is 1. The number of ether oxygens (including phenoxy) is 6. The molecular weight excluding hydrogens is 1130 g/mol. The average molecular weight is 1210 g/mol. The molecule has 2 amide bonds. The Kier molecular flexibility index (Phi) is 22.1. The lowest BCUT2D eigenvalue weighted by Crippen LogP contribution is -2.57. The number of likely N-dealkylation sites (tertiary alicyclic amines) is 1. The molecule has 0 aliphatic carbocycles. The average Bonchev–Trinajstić information content (AvgIpc) is 2.30. The van der Waals surface area contributed by atoms with Gasteiger partial charge in [-0.15, -0.1) is 11.3 Å². The monoisotopic (exact) mass is 1200 g/mol. The van der Waals surface area contributed by atoms with Crippen LogP contribution >= 0.6 is 11.3 Å². The summed E-state index contributed by atoms with van der Waals surface area (Å²) >= 11 is 1.60. The van der Waals surface area contributed by atoms with Crippen molar-refractivity contribution in [3.63, 3.8) is 0 Å². The van der Waals surface area contributed by atoms with Gasteiger partial charge in [0, 0.05) is 67.2 Å². The van der Waals surface area contributed by atoms with Crippen LogP contribution in [-0.2, 0) is 50.0 Å². The first kappa shape index (κ1) is 63.2. The molecule has 6 aromatic rings. The van der Waals surface area contributed by atoms with Gasteiger partial charge >= 0.3 is 10.2 Å². The van der Waals surface area contributed by atoms with Crippen molar-refractivity contribution in [2.45, 2.75) is 71.4 Å². The standard InChI is InChI=1S/C59H71F3N8O12S2/c1-37(63-30-39-6-8-41(9-7-39)55-38(2)66-36-83-55)50-29-44(71)34-70(50)58(74)56(59(3,4)5)67-51(72)35-81-25-24-79-21-20-77-18-19-78-22-23-80-26-27-82-45-12-10-40(11-13-45)42-28-46-47(32-65-57(46)64-31-42)54(73)52-48(61)14-15-49(53(52)62)68-84(75,76)69-17-16-43(60)33-69/h6-15,28,31-32,36,43-44,50,56,63,68,71H,1,16-27,29-30,33-35H2,2-5H3,(H,64,65)(H,67,72)/t43-,44-,50+,56-/m1/s1. The number of aliphatic hydroxyl groups excluding tert-OH is 1. The second-order valence-corrected chi connectivity index (χ2v) is 23.8. The molecule has 452 valence electrons. The van der Waals surface area contributed by atoms with E-state index in [1.165, 1.54) is 6.20 Å². The molecule has 0 spiro atoms. The van der Waals surface area contributed by atoms with E-state index in [0.717, 1.165) is 38.1 Å². The molecular formula is C59H71F3N8O12S2. The van der Waals surface area contributed by atoms with E-state index in [1.807, 2.05) is 50.1 Å². The number of aromatic nitrogens is 3. The Hall–Kier alpha value is -6.81. The number of hydrogen-bond donors (Lipinski definition) is 5. The number of aliphatic hydroxyl groups is 1. The fourth-order valence-corrected chi connectivity index (χ4v) is 11.6. The Morgan fingerprint density at radius 2 is 1.50 bits per heavy atom. The summed E-state index contributed by atoms with van der Waals surface area (Å²) in [6.45, 7) is 14.6. The van der Waals surface area contributed by atoms with Gasteiger partial charge in [0.1, 0.15) is 42.6 Å². The number of halogens is 3. The minimum absolute atomic E-state index is 0.0121. The molecule has 25 heteroatoms. The number of ketones is 1. The van der Waals surface area contributed by atoms with Crippen molar-refractivity contribution in [1.82, 2.24) is 34.8 Å². The van der Waals surface area contributed by atoms with Crippen LogP contribution in [0, 0.1) is 24.0 Å². The van der Waals surface area contributed by atoms with Gasteiger partial charge in [-0.1, -0.05) is 63.7 Å². The van der Waals surface area contributed by atoms with E-state index in [0.29, 0.717) is 81.8 Å². The Balaban J connectivity index is 0.654. The van der Waals surface area contributed by atoms with Crippen LogP contribution in [0.2, 0.25) is 0 Å². The number of carbonyl (C=O) groups is 3. The normalized spacial score (nSPS) is 17.0. The number of aryl methyl sites for hydroxylation is 1. The number of pyridine rings is 1.